The number of hydrogen-bond donors (Lipinski definition) is 2. The number of aliphatic hydroxyl groups is 1. The van der Waals surface area contributed by atoms with E-state index in [2.05, 4.69) is 15.5 Å². The lowest BCUT2D eigenvalue weighted by Gasteiger charge is -2.12. The Morgan fingerprint density at radius 3 is 2.67 bits per heavy atom. The first kappa shape index (κ1) is 16.2. The molecule has 0 spiro atoms. The molecule has 0 bridgehead atoms. The SMILES string of the molecule is O=C(N[C@@H](CO)c1nc(-c2ccc(Cl)o2)no1)c1ccc(F)cc1. The Kier molecular flexibility index (Phi) is 4.59. The molecule has 0 radical (unpaired) electrons. The Labute approximate surface area is 140 Å². The van der Waals surface area contributed by atoms with Gasteiger partial charge in [-0.25, -0.2) is 4.39 Å². The van der Waals surface area contributed by atoms with E-state index in [1.54, 1.807) is 6.07 Å². The maximum absolute atomic E-state index is 12.9. The van der Waals surface area contributed by atoms with E-state index in [0.29, 0.717) is 0 Å². The molecule has 7 nitrogen and oxygen atoms in total. The molecule has 0 fully saturated rings. The molecular formula is C15H11ClFN3O4. The van der Waals surface area contributed by atoms with Gasteiger partial charge in [-0.2, -0.15) is 4.98 Å². The minimum Gasteiger partial charge on any atom is -0.441 e. The number of nitrogens with zero attached hydrogens (tertiary/aromatic N) is 2. The second kappa shape index (κ2) is 6.81. The minimum absolute atomic E-state index is 0.00418. The van der Waals surface area contributed by atoms with Crippen LogP contribution >= 0.6 is 11.6 Å². The fraction of sp³-hybridized carbons (Fsp3) is 0.133. The molecule has 0 saturated carbocycles. The zero-order chi connectivity index (χ0) is 17.1. The Hall–Kier alpha value is -2.71. The van der Waals surface area contributed by atoms with Gasteiger partial charge < -0.3 is 19.4 Å². The Morgan fingerprint density at radius 2 is 2.04 bits per heavy atom. The average Bonchev–Trinajstić information content (AvgIpc) is 3.22. The van der Waals surface area contributed by atoms with Crippen molar-refractivity contribution in [2.45, 2.75) is 6.04 Å². The molecule has 0 saturated heterocycles. The summed E-state index contributed by atoms with van der Waals surface area (Å²) in [7, 11) is 0. The van der Waals surface area contributed by atoms with Gasteiger partial charge in [0, 0.05) is 5.56 Å². The van der Waals surface area contributed by atoms with Crippen LogP contribution in [0.1, 0.15) is 22.3 Å². The number of halogens is 2. The Balaban J connectivity index is 1.75. The highest BCUT2D eigenvalue weighted by atomic mass is 35.5. The van der Waals surface area contributed by atoms with Crippen LogP contribution in [0.25, 0.3) is 11.6 Å². The van der Waals surface area contributed by atoms with Crippen molar-refractivity contribution >= 4 is 17.5 Å². The number of nitrogens with one attached hydrogen (secondary N) is 1. The molecule has 0 aliphatic heterocycles. The number of carbonyl (C=O) groups is 1. The van der Waals surface area contributed by atoms with Gasteiger partial charge in [-0.3, -0.25) is 4.79 Å². The molecule has 24 heavy (non-hydrogen) atoms. The molecule has 3 aromatic rings. The van der Waals surface area contributed by atoms with Crippen molar-refractivity contribution in [2.24, 2.45) is 0 Å². The fourth-order valence-corrected chi connectivity index (χ4v) is 2.09. The molecule has 2 N–H and O–H groups in total. The molecule has 0 aliphatic carbocycles. The quantitative estimate of drug-likeness (QED) is 0.732. The van der Waals surface area contributed by atoms with Crippen molar-refractivity contribution in [3.05, 3.63) is 58.9 Å². The van der Waals surface area contributed by atoms with Crippen molar-refractivity contribution < 1.29 is 23.2 Å². The summed E-state index contributed by atoms with van der Waals surface area (Å²) in [5.74, 6) is -0.558. The second-order valence-corrected chi connectivity index (χ2v) is 5.15. The van der Waals surface area contributed by atoms with E-state index in [9.17, 15) is 14.3 Å². The molecule has 1 atom stereocenters. The molecular weight excluding hydrogens is 341 g/mol. The van der Waals surface area contributed by atoms with Gasteiger partial charge in [0.05, 0.1) is 6.61 Å². The molecule has 2 heterocycles. The van der Waals surface area contributed by atoms with Gasteiger partial charge in [-0.05, 0) is 48.0 Å². The third-order valence-corrected chi connectivity index (χ3v) is 3.33. The predicted octanol–water partition coefficient (Wildman–Crippen LogP) is 2.59. The number of benzene rings is 1. The number of amides is 1. The molecule has 0 aliphatic rings. The number of carbonyl (C=O) groups excluding carboxylic acids is 1. The van der Waals surface area contributed by atoms with Gasteiger partial charge in [-0.1, -0.05) is 5.16 Å². The van der Waals surface area contributed by atoms with Crippen molar-refractivity contribution in [3.8, 4) is 11.6 Å². The lowest BCUT2D eigenvalue weighted by Crippen LogP contribution is -2.31. The van der Waals surface area contributed by atoms with Crippen molar-refractivity contribution in [3.63, 3.8) is 0 Å². The number of aromatic nitrogens is 2. The number of hydrogen-bond acceptors (Lipinski definition) is 6. The van der Waals surface area contributed by atoms with Crippen LogP contribution < -0.4 is 5.32 Å². The van der Waals surface area contributed by atoms with Crippen molar-refractivity contribution in [1.29, 1.82) is 0 Å². The zero-order valence-electron chi connectivity index (χ0n) is 12.1. The van der Waals surface area contributed by atoms with Crippen LogP contribution in [-0.4, -0.2) is 27.8 Å². The molecule has 3 rings (SSSR count). The van der Waals surface area contributed by atoms with Crippen LogP contribution in [0.3, 0.4) is 0 Å². The largest absolute Gasteiger partial charge is 0.441 e. The second-order valence-electron chi connectivity index (χ2n) is 4.78. The van der Waals surface area contributed by atoms with Gasteiger partial charge in [0.2, 0.25) is 5.82 Å². The van der Waals surface area contributed by atoms with Crippen molar-refractivity contribution in [2.75, 3.05) is 6.61 Å². The van der Waals surface area contributed by atoms with Crippen molar-refractivity contribution in [1.82, 2.24) is 15.5 Å². The first-order valence-electron chi connectivity index (χ1n) is 6.83. The molecule has 0 unspecified atom stereocenters. The lowest BCUT2D eigenvalue weighted by atomic mass is 10.2. The topological polar surface area (TPSA) is 101 Å². The van der Waals surface area contributed by atoms with Crippen LogP contribution in [-0.2, 0) is 0 Å². The third-order valence-electron chi connectivity index (χ3n) is 3.13. The monoisotopic (exact) mass is 351 g/mol. The van der Waals surface area contributed by atoms with Gasteiger partial charge in [0.1, 0.15) is 11.9 Å². The maximum atomic E-state index is 12.9. The summed E-state index contributed by atoms with van der Waals surface area (Å²) in [5.41, 5.74) is 0.229. The van der Waals surface area contributed by atoms with Gasteiger partial charge >= 0.3 is 0 Å². The summed E-state index contributed by atoms with van der Waals surface area (Å²) >= 11 is 5.68. The van der Waals surface area contributed by atoms with Gasteiger partial charge in [0.25, 0.3) is 11.8 Å². The Bertz CT molecular complexity index is 847. The third kappa shape index (κ3) is 3.44. The van der Waals surface area contributed by atoms with E-state index in [1.807, 2.05) is 0 Å². The van der Waals surface area contributed by atoms with Gasteiger partial charge in [0.15, 0.2) is 11.0 Å². The first-order chi connectivity index (χ1) is 11.6. The summed E-state index contributed by atoms with van der Waals surface area (Å²) in [6.45, 7) is -0.465. The summed E-state index contributed by atoms with van der Waals surface area (Å²) < 4.78 is 23.1. The van der Waals surface area contributed by atoms with E-state index in [1.165, 1.54) is 18.2 Å². The highest BCUT2D eigenvalue weighted by Crippen LogP contribution is 2.23. The summed E-state index contributed by atoms with van der Waals surface area (Å²) in [4.78, 5) is 16.2. The smallest absolute Gasteiger partial charge is 0.252 e. The summed E-state index contributed by atoms with van der Waals surface area (Å²) in [6, 6.07) is 7.12. The van der Waals surface area contributed by atoms with Crippen LogP contribution in [0.4, 0.5) is 4.39 Å². The lowest BCUT2D eigenvalue weighted by molar-refractivity contribution is 0.0901. The van der Waals surface area contributed by atoms with E-state index < -0.39 is 24.4 Å². The number of aliphatic hydroxyl groups excluding tert-OH is 1. The van der Waals surface area contributed by atoms with E-state index >= 15 is 0 Å². The van der Waals surface area contributed by atoms with Crippen LogP contribution in [0.15, 0.2) is 45.3 Å². The number of furan rings is 1. The van der Waals surface area contributed by atoms with E-state index in [-0.39, 0.29) is 28.3 Å². The van der Waals surface area contributed by atoms with Crippen LogP contribution in [0, 0.1) is 5.82 Å². The highest BCUT2D eigenvalue weighted by Gasteiger charge is 2.22. The standard InChI is InChI=1S/C15H11ClFN3O4/c16-12-6-5-11(23-12)13-19-15(24-20-13)10(7-21)18-14(22)8-1-3-9(17)4-2-8/h1-6,10,21H,7H2,(H,18,22)/t10-/m0/s1. The van der Waals surface area contributed by atoms with Gasteiger partial charge in [-0.15, -0.1) is 0 Å². The first-order valence-corrected chi connectivity index (χ1v) is 7.21. The van der Waals surface area contributed by atoms with Crippen LogP contribution in [0.2, 0.25) is 5.22 Å². The fourth-order valence-electron chi connectivity index (χ4n) is 1.94. The summed E-state index contributed by atoms with van der Waals surface area (Å²) in [5, 5.41) is 15.9. The van der Waals surface area contributed by atoms with Crippen LogP contribution in [0.5, 0.6) is 0 Å². The highest BCUT2D eigenvalue weighted by molar-refractivity contribution is 6.28. The zero-order valence-corrected chi connectivity index (χ0v) is 12.8. The predicted molar refractivity (Wildman–Crippen MR) is 80.7 cm³/mol. The molecule has 1 amide bonds. The normalized spacial score (nSPS) is 12.1. The molecule has 2 aromatic heterocycles. The molecule has 124 valence electrons. The number of rotatable bonds is 5. The molecule has 1 aromatic carbocycles. The molecule has 9 heteroatoms. The maximum Gasteiger partial charge on any atom is 0.252 e. The minimum atomic E-state index is -0.922. The Morgan fingerprint density at radius 1 is 1.29 bits per heavy atom. The van der Waals surface area contributed by atoms with E-state index in [0.717, 1.165) is 12.1 Å². The average molecular weight is 352 g/mol. The van der Waals surface area contributed by atoms with E-state index in [4.69, 9.17) is 20.5 Å². The summed E-state index contributed by atoms with van der Waals surface area (Å²) in [6.07, 6.45) is 0.